The number of hydrogen-bond donors (Lipinski definition) is 4. The maximum absolute atomic E-state index is 5.96. The van der Waals surface area contributed by atoms with E-state index in [1.807, 2.05) is 6.07 Å². The fourth-order valence-electron chi connectivity index (χ4n) is 3.94. The lowest BCUT2D eigenvalue weighted by Gasteiger charge is -2.29. The van der Waals surface area contributed by atoms with Gasteiger partial charge in [-0.1, -0.05) is 36.4 Å². The molecule has 1 aliphatic heterocycles. The van der Waals surface area contributed by atoms with Crippen molar-refractivity contribution in [2.45, 2.75) is 26.9 Å². The van der Waals surface area contributed by atoms with Crippen LogP contribution in [-0.2, 0) is 13.1 Å². The summed E-state index contributed by atoms with van der Waals surface area (Å²) in [6.07, 6.45) is 0. The van der Waals surface area contributed by atoms with Gasteiger partial charge in [0.25, 0.3) is 0 Å². The van der Waals surface area contributed by atoms with Crippen LogP contribution in [0, 0.1) is 13.8 Å². The number of hydrogen-bond acceptors (Lipinski definition) is 5. The van der Waals surface area contributed by atoms with E-state index in [-0.39, 0.29) is 5.95 Å². The first-order valence-electron chi connectivity index (χ1n) is 10.6. The number of aryl methyl sites for hydroxylation is 2. The van der Waals surface area contributed by atoms with Crippen LogP contribution in [0.5, 0.6) is 0 Å². The summed E-state index contributed by atoms with van der Waals surface area (Å²) in [5.41, 5.74) is 10.8. The Kier molecular flexibility index (Phi) is 6.21. The zero-order valence-electron chi connectivity index (χ0n) is 17.8. The average Bonchev–Trinajstić information content (AvgIpc) is 2.73. The molecular weight excluding hydrogens is 374 g/mol. The highest BCUT2D eigenvalue weighted by Gasteiger charge is 2.24. The molecule has 156 valence electrons. The van der Waals surface area contributed by atoms with Gasteiger partial charge in [0, 0.05) is 11.3 Å². The molecule has 2 aromatic carbocycles. The highest BCUT2D eigenvalue weighted by atomic mass is 15.3. The molecule has 30 heavy (non-hydrogen) atoms. The number of anilines is 3. The summed E-state index contributed by atoms with van der Waals surface area (Å²) in [5.74, 6) is 1.52. The molecule has 0 amide bonds. The number of nitrogens with zero attached hydrogens (tertiary/aromatic N) is 3. The fourth-order valence-corrected chi connectivity index (χ4v) is 3.94. The van der Waals surface area contributed by atoms with Gasteiger partial charge in [-0.2, -0.15) is 15.0 Å². The molecule has 0 radical (unpaired) electrons. The largest absolute Gasteiger partial charge is 0.368 e. The van der Waals surface area contributed by atoms with E-state index in [2.05, 4.69) is 76.6 Å². The van der Waals surface area contributed by atoms with Crippen LogP contribution in [0.4, 0.5) is 17.6 Å². The van der Waals surface area contributed by atoms with Crippen LogP contribution in [0.2, 0.25) is 0 Å². The molecule has 0 aliphatic carbocycles. The van der Waals surface area contributed by atoms with Crippen molar-refractivity contribution >= 4 is 17.6 Å². The number of piperazine rings is 1. The zero-order chi connectivity index (χ0) is 20.9. The molecule has 0 saturated carbocycles. The lowest BCUT2D eigenvalue weighted by atomic mass is 10.1. The van der Waals surface area contributed by atoms with Crippen molar-refractivity contribution in [3.63, 3.8) is 0 Å². The van der Waals surface area contributed by atoms with Gasteiger partial charge in [0.1, 0.15) is 39.3 Å². The number of nitrogens with two attached hydrogens (primary N) is 1. The van der Waals surface area contributed by atoms with Crippen LogP contribution in [0.25, 0.3) is 0 Å². The molecule has 7 nitrogen and oxygen atoms in total. The Morgan fingerprint density at radius 2 is 1.53 bits per heavy atom. The minimum atomic E-state index is 0.263. The van der Waals surface area contributed by atoms with Gasteiger partial charge in [-0.05, 0) is 37.1 Å². The lowest BCUT2D eigenvalue weighted by molar-refractivity contribution is -1.02. The molecule has 1 aromatic heterocycles. The second-order valence-electron chi connectivity index (χ2n) is 8.20. The predicted octanol–water partition coefficient (Wildman–Crippen LogP) is 0.298. The number of nitrogens with one attached hydrogen (secondary N) is 3. The summed E-state index contributed by atoms with van der Waals surface area (Å²) in [5, 5.41) is 3.27. The molecule has 0 unspecified atom stereocenters. The Morgan fingerprint density at radius 3 is 2.23 bits per heavy atom. The summed E-state index contributed by atoms with van der Waals surface area (Å²) in [4.78, 5) is 16.4. The first-order valence-corrected chi connectivity index (χ1v) is 10.6. The molecule has 1 saturated heterocycles. The molecular formula is C23H31N7+2. The topological polar surface area (TPSA) is 85.6 Å². The van der Waals surface area contributed by atoms with Crippen molar-refractivity contribution in [3.8, 4) is 0 Å². The van der Waals surface area contributed by atoms with Crippen LogP contribution in [0.3, 0.4) is 0 Å². The summed E-state index contributed by atoms with van der Waals surface area (Å²) < 4.78 is 0. The molecule has 0 spiro atoms. The van der Waals surface area contributed by atoms with Crippen LogP contribution in [0.15, 0.2) is 48.5 Å². The monoisotopic (exact) mass is 405 g/mol. The van der Waals surface area contributed by atoms with Crippen LogP contribution >= 0.6 is 0 Å². The van der Waals surface area contributed by atoms with Gasteiger partial charge >= 0.3 is 0 Å². The fraction of sp³-hybridized carbons (Fsp3) is 0.348. The SMILES string of the molecule is Cc1ccc(Nc2nc(N)nc(C[NH+]3CC[NH+](Cc4ccccc4)CC3)n2)cc1C. The Labute approximate surface area is 178 Å². The van der Waals surface area contributed by atoms with Crippen molar-refractivity contribution in [1.82, 2.24) is 15.0 Å². The average molecular weight is 406 g/mol. The van der Waals surface area contributed by atoms with Gasteiger partial charge in [-0.15, -0.1) is 0 Å². The van der Waals surface area contributed by atoms with Gasteiger partial charge in [0.2, 0.25) is 11.9 Å². The van der Waals surface area contributed by atoms with Gasteiger partial charge in [0.05, 0.1) is 0 Å². The smallest absolute Gasteiger partial charge is 0.232 e. The molecule has 1 aliphatic rings. The summed E-state index contributed by atoms with van der Waals surface area (Å²) in [7, 11) is 0. The van der Waals surface area contributed by atoms with E-state index in [1.54, 1.807) is 4.90 Å². The molecule has 4 rings (SSSR count). The van der Waals surface area contributed by atoms with Crippen molar-refractivity contribution in [1.29, 1.82) is 0 Å². The maximum Gasteiger partial charge on any atom is 0.232 e. The molecule has 1 fully saturated rings. The standard InChI is InChI=1S/C23H29N7/c1-17-8-9-20(14-18(17)2)25-23-27-21(26-22(24)28-23)16-30-12-10-29(11-13-30)15-19-6-4-3-5-7-19/h3-9,14H,10-13,15-16H2,1-2H3,(H3,24,25,26,27,28)/p+2. The minimum Gasteiger partial charge on any atom is -0.368 e. The lowest BCUT2D eigenvalue weighted by Crippen LogP contribution is -3.27. The molecule has 0 atom stereocenters. The van der Waals surface area contributed by atoms with Gasteiger partial charge in [-0.25, -0.2) is 0 Å². The molecule has 5 N–H and O–H groups in total. The van der Waals surface area contributed by atoms with Crippen LogP contribution < -0.4 is 20.9 Å². The molecule has 3 aromatic rings. The third-order valence-electron chi connectivity index (χ3n) is 5.83. The van der Waals surface area contributed by atoms with Gasteiger partial charge in [-0.3, -0.25) is 0 Å². The second-order valence-corrected chi connectivity index (χ2v) is 8.20. The second kappa shape index (κ2) is 9.19. The van der Waals surface area contributed by atoms with Gasteiger partial charge < -0.3 is 20.9 Å². The normalized spacial score (nSPS) is 18.9. The van der Waals surface area contributed by atoms with Crippen LogP contribution in [-0.4, -0.2) is 41.1 Å². The van der Waals surface area contributed by atoms with Crippen molar-refractivity contribution < 1.29 is 9.80 Å². The Hall–Kier alpha value is -3.03. The summed E-state index contributed by atoms with van der Waals surface area (Å²) in [6, 6.07) is 16.9. The number of nitrogen functional groups attached to an aromatic ring is 1. The van der Waals surface area contributed by atoms with E-state index < -0.39 is 0 Å². The molecule has 0 bridgehead atoms. The first-order chi connectivity index (χ1) is 14.5. The maximum atomic E-state index is 5.96. The van der Waals surface area contributed by atoms with Crippen molar-refractivity contribution in [3.05, 3.63) is 71.0 Å². The highest BCUT2D eigenvalue weighted by Crippen LogP contribution is 2.17. The Bertz CT molecular complexity index is 982. The minimum absolute atomic E-state index is 0.263. The van der Waals surface area contributed by atoms with Crippen LogP contribution in [0.1, 0.15) is 22.5 Å². The van der Waals surface area contributed by atoms with E-state index in [4.69, 9.17) is 5.73 Å². The third-order valence-corrected chi connectivity index (χ3v) is 5.83. The van der Waals surface area contributed by atoms with Crippen molar-refractivity contribution in [2.75, 3.05) is 37.2 Å². The van der Waals surface area contributed by atoms with E-state index >= 15 is 0 Å². The van der Waals surface area contributed by atoms with Gasteiger partial charge in [0.15, 0.2) is 5.82 Å². The molecule has 7 heteroatoms. The number of quaternary nitrogens is 2. The van der Waals surface area contributed by atoms with E-state index in [0.717, 1.165) is 50.8 Å². The number of benzene rings is 2. The number of rotatable bonds is 6. The van der Waals surface area contributed by atoms with E-state index in [0.29, 0.717) is 5.95 Å². The zero-order valence-corrected chi connectivity index (χ0v) is 17.8. The first kappa shape index (κ1) is 20.3. The Morgan fingerprint density at radius 1 is 0.833 bits per heavy atom. The third kappa shape index (κ3) is 5.31. The summed E-state index contributed by atoms with van der Waals surface area (Å²) >= 11 is 0. The quantitative estimate of drug-likeness (QED) is 0.474. The molecule has 2 heterocycles. The summed E-state index contributed by atoms with van der Waals surface area (Å²) in [6.45, 7) is 10.6. The number of aromatic nitrogens is 3. The van der Waals surface area contributed by atoms with Crippen molar-refractivity contribution in [2.24, 2.45) is 0 Å². The van der Waals surface area contributed by atoms with E-state index in [9.17, 15) is 0 Å². The Balaban J connectivity index is 1.35. The highest BCUT2D eigenvalue weighted by molar-refractivity contribution is 5.56. The predicted molar refractivity (Wildman–Crippen MR) is 119 cm³/mol. The van der Waals surface area contributed by atoms with E-state index in [1.165, 1.54) is 21.6 Å².